The lowest BCUT2D eigenvalue weighted by Crippen LogP contribution is -2.19. The standard InChI is InChI=1S/C33H57O6PS/c1-3-4-5-6-16-23-32(41-26-17-8-7-11-18-30-19-12-9-13-20-30)24-25-37-29(2)27-39-40(35,36)33(34)38-28-31-21-14-10-15-22-31/h10,14-15,21-22,29-30,32H,3-9,11-13,16-20,23-28H2,1-2H3,(H,35,36). The van der Waals surface area contributed by atoms with Crippen LogP contribution in [0.5, 0.6) is 0 Å². The quantitative estimate of drug-likeness (QED) is 0.0918. The Balaban J connectivity index is 1.61. The molecule has 0 spiro atoms. The Kier molecular flexibility index (Phi) is 20.1. The lowest BCUT2D eigenvalue weighted by molar-refractivity contribution is 0.0274. The fourth-order valence-corrected chi connectivity index (χ4v) is 7.45. The van der Waals surface area contributed by atoms with Crippen molar-refractivity contribution in [1.29, 1.82) is 0 Å². The van der Waals surface area contributed by atoms with Gasteiger partial charge in [-0.05, 0) is 43.4 Å². The van der Waals surface area contributed by atoms with Gasteiger partial charge in [0.05, 0.1) is 12.7 Å². The monoisotopic (exact) mass is 612 g/mol. The molecule has 8 heteroatoms. The van der Waals surface area contributed by atoms with Gasteiger partial charge in [-0.25, -0.2) is 9.36 Å². The van der Waals surface area contributed by atoms with Crippen LogP contribution < -0.4 is 0 Å². The summed E-state index contributed by atoms with van der Waals surface area (Å²) >= 11 is 2.09. The third-order valence-electron chi connectivity index (χ3n) is 7.98. The van der Waals surface area contributed by atoms with Crippen molar-refractivity contribution in [2.75, 3.05) is 19.0 Å². The third-order valence-corrected chi connectivity index (χ3v) is 10.5. The maximum atomic E-state index is 12.3. The minimum atomic E-state index is -4.53. The van der Waals surface area contributed by atoms with Crippen LogP contribution in [0.1, 0.15) is 129 Å². The highest BCUT2D eigenvalue weighted by Crippen LogP contribution is 2.44. The van der Waals surface area contributed by atoms with E-state index in [-0.39, 0.29) is 13.2 Å². The molecule has 1 fully saturated rings. The molecule has 1 saturated carbocycles. The number of benzene rings is 1. The predicted octanol–water partition coefficient (Wildman–Crippen LogP) is 10.3. The molecule has 0 aromatic heterocycles. The van der Waals surface area contributed by atoms with Gasteiger partial charge in [-0.15, -0.1) is 0 Å². The largest absolute Gasteiger partial charge is 0.452 e. The SMILES string of the molecule is CCCCCCCC(CCOC(C)COP(=O)(O)C(=O)OCc1ccccc1)SCCCCCCC1CCCCC1. The Hall–Kier alpha value is -0.850. The molecule has 0 bridgehead atoms. The summed E-state index contributed by atoms with van der Waals surface area (Å²) in [6.07, 6.45) is 22.3. The zero-order chi connectivity index (χ0) is 29.6. The summed E-state index contributed by atoms with van der Waals surface area (Å²) in [4.78, 5) is 22.1. The summed E-state index contributed by atoms with van der Waals surface area (Å²) in [5, 5.41) is 0.573. The number of thioether (sulfide) groups is 1. The summed E-state index contributed by atoms with van der Waals surface area (Å²) in [7, 11) is -4.53. The van der Waals surface area contributed by atoms with Crippen LogP contribution in [0.15, 0.2) is 30.3 Å². The second kappa shape index (κ2) is 22.7. The van der Waals surface area contributed by atoms with Crippen LogP contribution in [0.25, 0.3) is 0 Å². The van der Waals surface area contributed by atoms with Crippen LogP contribution in [-0.2, 0) is 25.2 Å². The van der Waals surface area contributed by atoms with Crippen molar-refractivity contribution in [3.63, 3.8) is 0 Å². The first-order chi connectivity index (χ1) is 19.9. The van der Waals surface area contributed by atoms with Crippen molar-refractivity contribution < 1.29 is 28.3 Å². The summed E-state index contributed by atoms with van der Waals surface area (Å²) in [6.45, 7) is 4.42. The topological polar surface area (TPSA) is 82.1 Å². The molecule has 0 aliphatic heterocycles. The van der Waals surface area contributed by atoms with E-state index in [9.17, 15) is 14.3 Å². The average Bonchev–Trinajstić information content (AvgIpc) is 2.99. The van der Waals surface area contributed by atoms with Gasteiger partial charge in [-0.1, -0.05) is 127 Å². The second-order valence-electron chi connectivity index (χ2n) is 11.7. The van der Waals surface area contributed by atoms with E-state index in [0.717, 1.165) is 17.9 Å². The maximum Gasteiger partial charge on any atom is 0.435 e. The van der Waals surface area contributed by atoms with Crippen molar-refractivity contribution in [3.8, 4) is 0 Å². The van der Waals surface area contributed by atoms with E-state index >= 15 is 0 Å². The summed E-state index contributed by atoms with van der Waals surface area (Å²) < 4.78 is 28.3. The highest BCUT2D eigenvalue weighted by atomic mass is 32.2. The molecule has 1 aliphatic rings. The number of unbranched alkanes of at least 4 members (excludes halogenated alkanes) is 7. The Morgan fingerprint density at radius 1 is 0.976 bits per heavy atom. The average molecular weight is 613 g/mol. The first kappa shape index (κ1) is 36.3. The van der Waals surface area contributed by atoms with E-state index in [2.05, 4.69) is 18.7 Å². The second-order valence-corrected chi connectivity index (χ2v) is 14.8. The Morgan fingerprint density at radius 3 is 2.44 bits per heavy atom. The smallest absolute Gasteiger partial charge is 0.435 e. The lowest BCUT2D eigenvalue weighted by Gasteiger charge is -2.21. The summed E-state index contributed by atoms with van der Waals surface area (Å²) in [5.41, 5.74) is -0.493. The number of hydrogen-bond acceptors (Lipinski definition) is 6. The molecule has 0 saturated heterocycles. The Labute approximate surface area is 254 Å². The minimum Gasteiger partial charge on any atom is -0.452 e. The fraction of sp³-hybridized carbons (Fsp3) is 0.788. The van der Waals surface area contributed by atoms with Crippen LogP contribution in [0.4, 0.5) is 4.79 Å². The molecule has 41 heavy (non-hydrogen) atoms. The lowest BCUT2D eigenvalue weighted by atomic mass is 9.85. The van der Waals surface area contributed by atoms with Gasteiger partial charge in [0.25, 0.3) is 0 Å². The number of ether oxygens (including phenoxy) is 2. The van der Waals surface area contributed by atoms with Crippen LogP contribution in [-0.4, -0.2) is 40.9 Å². The van der Waals surface area contributed by atoms with Crippen molar-refractivity contribution in [1.82, 2.24) is 0 Å². The van der Waals surface area contributed by atoms with Crippen molar-refractivity contribution >= 4 is 25.1 Å². The van der Waals surface area contributed by atoms with Crippen LogP contribution in [0.2, 0.25) is 0 Å². The minimum absolute atomic E-state index is 0.0718. The molecule has 1 aliphatic carbocycles. The van der Waals surface area contributed by atoms with Gasteiger partial charge in [0, 0.05) is 11.9 Å². The van der Waals surface area contributed by atoms with Gasteiger partial charge >= 0.3 is 13.3 Å². The van der Waals surface area contributed by atoms with Crippen molar-refractivity contribution in [2.24, 2.45) is 5.92 Å². The van der Waals surface area contributed by atoms with Crippen molar-refractivity contribution in [2.45, 2.75) is 141 Å². The highest BCUT2D eigenvalue weighted by molar-refractivity contribution is 7.99. The molecule has 0 amide bonds. The molecular weight excluding hydrogens is 555 g/mol. The predicted molar refractivity (Wildman–Crippen MR) is 172 cm³/mol. The molecule has 236 valence electrons. The first-order valence-corrected chi connectivity index (χ1v) is 18.9. The molecule has 1 aromatic carbocycles. The number of hydrogen-bond donors (Lipinski definition) is 1. The van der Waals surface area contributed by atoms with Crippen LogP contribution in [0, 0.1) is 5.92 Å². The molecule has 3 unspecified atom stereocenters. The maximum absolute atomic E-state index is 12.3. The van der Waals surface area contributed by atoms with E-state index in [1.807, 2.05) is 18.2 Å². The zero-order valence-corrected chi connectivity index (χ0v) is 27.5. The molecule has 2 rings (SSSR count). The Morgan fingerprint density at radius 2 is 1.68 bits per heavy atom. The number of rotatable bonds is 24. The van der Waals surface area contributed by atoms with E-state index in [1.165, 1.54) is 108 Å². The van der Waals surface area contributed by atoms with Gasteiger partial charge in [-0.2, -0.15) is 11.8 Å². The van der Waals surface area contributed by atoms with E-state index < -0.39 is 19.4 Å². The zero-order valence-electron chi connectivity index (χ0n) is 25.8. The van der Waals surface area contributed by atoms with E-state index in [0.29, 0.717) is 11.9 Å². The van der Waals surface area contributed by atoms with E-state index in [4.69, 9.17) is 14.0 Å². The van der Waals surface area contributed by atoms with Gasteiger partial charge < -0.3 is 14.4 Å². The third kappa shape index (κ3) is 17.8. The van der Waals surface area contributed by atoms with E-state index in [1.54, 1.807) is 19.1 Å². The van der Waals surface area contributed by atoms with Gasteiger partial charge in [-0.3, -0.25) is 4.52 Å². The van der Waals surface area contributed by atoms with Gasteiger partial charge in [0.2, 0.25) is 0 Å². The van der Waals surface area contributed by atoms with Crippen LogP contribution >= 0.6 is 19.4 Å². The number of carbonyl (C=O) groups excluding carboxylic acids is 1. The molecule has 6 nitrogen and oxygen atoms in total. The van der Waals surface area contributed by atoms with Gasteiger partial charge in [0.15, 0.2) is 0 Å². The highest BCUT2D eigenvalue weighted by Gasteiger charge is 2.33. The van der Waals surface area contributed by atoms with Crippen LogP contribution in [0.3, 0.4) is 0 Å². The molecule has 1 aromatic rings. The van der Waals surface area contributed by atoms with Gasteiger partial charge in [0.1, 0.15) is 6.61 Å². The molecule has 3 atom stereocenters. The summed E-state index contributed by atoms with van der Waals surface area (Å²) in [6, 6.07) is 9.03. The summed E-state index contributed by atoms with van der Waals surface area (Å²) in [5.74, 6) is 2.21. The number of carbonyl (C=O) groups is 1. The van der Waals surface area contributed by atoms with Crippen molar-refractivity contribution in [3.05, 3.63) is 35.9 Å². The fourth-order valence-electron chi connectivity index (χ4n) is 5.41. The first-order valence-electron chi connectivity index (χ1n) is 16.3. The Bertz CT molecular complexity index is 832. The molecular formula is C33H57O6PS. The molecule has 0 heterocycles. The molecule has 0 radical (unpaired) electrons. The molecule has 1 N–H and O–H groups in total. The normalized spacial score (nSPS) is 17.1.